The summed E-state index contributed by atoms with van der Waals surface area (Å²) < 4.78 is 0.886. The minimum atomic E-state index is -0.882. The highest BCUT2D eigenvalue weighted by Gasteiger charge is 2.25. The van der Waals surface area contributed by atoms with Crippen molar-refractivity contribution in [2.75, 3.05) is 0 Å². The number of piperidine rings is 1. The van der Waals surface area contributed by atoms with Crippen LogP contribution in [0.3, 0.4) is 0 Å². The quantitative estimate of drug-likeness (QED) is 0.915. The molecule has 2 unspecified atom stereocenters. The number of aromatic carboxylic acids is 1. The van der Waals surface area contributed by atoms with Crippen LogP contribution >= 0.6 is 15.9 Å². The molecule has 1 heterocycles. The standard InChI is InChI=1S/C15H20BrNO2/c1-10-4-3-5-11(2)17(10)9-13-7-6-12(15(18)19)8-14(13)16/h6-8,10-11H,3-5,9H2,1-2H3,(H,18,19). The van der Waals surface area contributed by atoms with Gasteiger partial charge in [-0.05, 0) is 44.4 Å². The Morgan fingerprint density at radius 2 is 2.00 bits per heavy atom. The zero-order chi connectivity index (χ0) is 14.0. The van der Waals surface area contributed by atoms with Gasteiger partial charge in [-0.2, -0.15) is 0 Å². The second-order valence-corrected chi connectivity index (χ2v) is 6.27. The molecule has 1 N–H and O–H groups in total. The van der Waals surface area contributed by atoms with Gasteiger partial charge in [-0.3, -0.25) is 4.90 Å². The molecule has 1 aliphatic rings. The predicted octanol–water partition coefficient (Wildman–Crippen LogP) is 3.91. The lowest BCUT2D eigenvalue weighted by atomic mass is 9.96. The molecule has 0 aromatic heterocycles. The maximum atomic E-state index is 10.9. The van der Waals surface area contributed by atoms with Gasteiger partial charge in [-0.15, -0.1) is 0 Å². The van der Waals surface area contributed by atoms with E-state index in [4.69, 9.17) is 5.11 Å². The van der Waals surface area contributed by atoms with E-state index in [1.54, 1.807) is 12.1 Å². The third kappa shape index (κ3) is 3.37. The molecule has 2 rings (SSSR count). The Bertz CT molecular complexity index is 465. The van der Waals surface area contributed by atoms with Crippen LogP contribution in [-0.4, -0.2) is 28.1 Å². The third-order valence-corrected chi connectivity index (χ3v) is 4.77. The average molecular weight is 326 g/mol. The van der Waals surface area contributed by atoms with Gasteiger partial charge < -0.3 is 5.11 Å². The molecular weight excluding hydrogens is 306 g/mol. The van der Waals surface area contributed by atoms with E-state index in [9.17, 15) is 4.79 Å². The molecule has 0 spiro atoms. The number of carbonyl (C=O) groups is 1. The molecule has 104 valence electrons. The molecular formula is C15H20BrNO2. The molecule has 3 nitrogen and oxygen atoms in total. The highest BCUT2D eigenvalue weighted by molar-refractivity contribution is 9.10. The molecule has 0 radical (unpaired) electrons. The fourth-order valence-electron chi connectivity index (χ4n) is 2.79. The van der Waals surface area contributed by atoms with Crippen molar-refractivity contribution in [3.05, 3.63) is 33.8 Å². The predicted molar refractivity (Wildman–Crippen MR) is 79.4 cm³/mol. The fourth-order valence-corrected chi connectivity index (χ4v) is 3.30. The summed E-state index contributed by atoms with van der Waals surface area (Å²) in [6.45, 7) is 5.42. The van der Waals surface area contributed by atoms with Gasteiger partial charge in [-0.1, -0.05) is 28.4 Å². The second-order valence-electron chi connectivity index (χ2n) is 5.41. The molecule has 19 heavy (non-hydrogen) atoms. The van der Waals surface area contributed by atoms with Crippen molar-refractivity contribution in [1.29, 1.82) is 0 Å². The van der Waals surface area contributed by atoms with E-state index >= 15 is 0 Å². The number of carboxylic acid groups (broad SMARTS) is 1. The Labute approximate surface area is 122 Å². The zero-order valence-electron chi connectivity index (χ0n) is 11.4. The number of likely N-dealkylation sites (tertiary alicyclic amines) is 1. The number of benzene rings is 1. The summed E-state index contributed by atoms with van der Waals surface area (Å²) in [5.41, 5.74) is 1.49. The van der Waals surface area contributed by atoms with Gasteiger partial charge in [0.1, 0.15) is 0 Å². The fraction of sp³-hybridized carbons (Fsp3) is 0.533. The van der Waals surface area contributed by atoms with Gasteiger partial charge in [0.05, 0.1) is 5.56 Å². The van der Waals surface area contributed by atoms with E-state index in [-0.39, 0.29) is 0 Å². The monoisotopic (exact) mass is 325 g/mol. The molecule has 1 fully saturated rings. The van der Waals surface area contributed by atoms with Crippen LogP contribution in [0, 0.1) is 0 Å². The van der Waals surface area contributed by atoms with Crippen LogP contribution in [0.2, 0.25) is 0 Å². The molecule has 1 aromatic rings. The van der Waals surface area contributed by atoms with Crippen LogP contribution < -0.4 is 0 Å². The van der Waals surface area contributed by atoms with Gasteiger partial charge in [0, 0.05) is 23.1 Å². The van der Waals surface area contributed by atoms with Crippen molar-refractivity contribution in [2.45, 2.75) is 51.7 Å². The Morgan fingerprint density at radius 3 is 2.53 bits per heavy atom. The Hall–Kier alpha value is -0.870. The van der Waals surface area contributed by atoms with Crippen molar-refractivity contribution in [3.8, 4) is 0 Å². The first kappa shape index (κ1) is 14.5. The van der Waals surface area contributed by atoms with Crippen molar-refractivity contribution in [1.82, 2.24) is 4.90 Å². The summed E-state index contributed by atoms with van der Waals surface area (Å²) in [6, 6.07) is 6.48. The molecule has 0 saturated carbocycles. The summed E-state index contributed by atoms with van der Waals surface area (Å²) in [7, 11) is 0. The van der Waals surface area contributed by atoms with Crippen LogP contribution in [0.15, 0.2) is 22.7 Å². The first-order valence-electron chi connectivity index (χ1n) is 6.76. The summed E-state index contributed by atoms with van der Waals surface area (Å²) in [4.78, 5) is 13.4. The number of hydrogen-bond donors (Lipinski definition) is 1. The van der Waals surface area contributed by atoms with Crippen LogP contribution in [0.5, 0.6) is 0 Å². The van der Waals surface area contributed by atoms with E-state index < -0.39 is 5.97 Å². The van der Waals surface area contributed by atoms with Crippen molar-refractivity contribution >= 4 is 21.9 Å². The molecule has 1 aliphatic heterocycles. The maximum Gasteiger partial charge on any atom is 0.335 e. The molecule has 1 aromatic carbocycles. The lowest BCUT2D eigenvalue weighted by Crippen LogP contribution is -2.43. The molecule has 0 amide bonds. The van der Waals surface area contributed by atoms with Crippen LogP contribution in [0.4, 0.5) is 0 Å². The summed E-state index contributed by atoms with van der Waals surface area (Å²) in [5, 5.41) is 8.97. The van der Waals surface area contributed by atoms with E-state index in [0.717, 1.165) is 16.6 Å². The van der Waals surface area contributed by atoms with E-state index in [1.807, 2.05) is 6.07 Å². The molecule has 0 aliphatic carbocycles. The minimum Gasteiger partial charge on any atom is -0.478 e. The molecule has 4 heteroatoms. The van der Waals surface area contributed by atoms with Crippen molar-refractivity contribution in [2.24, 2.45) is 0 Å². The smallest absolute Gasteiger partial charge is 0.335 e. The number of rotatable bonds is 3. The van der Waals surface area contributed by atoms with E-state index in [2.05, 4.69) is 34.7 Å². The third-order valence-electron chi connectivity index (χ3n) is 4.03. The number of carboxylic acids is 1. The number of halogens is 1. The Balaban J connectivity index is 2.16. The van der Waals surface area contributed by atoms with Crippen LogP contribution in [-0.2, 0) is 6.54 Å². The van der Waals surface area contributed by atoms with Crippen LogP contribution in [0.25, 0.3) is 0 Å². The van der Waals surface area contributed by atoms with Crippen molar-refractivity contribution in [3.63, 3.8) is 0 Å². The largest absolute Gasteiger partial charge is 0.478 e. The molecule has 0 bridgehead atoms. The number of nitrogens with zero attached hydrogens (tertiary/aromatic N) is 1. The maximum absolute atomic E-state index is 10.9. The van der Waals surface area contributed by atoms with E-state index in [0.29, 0.717) is 17.6 Å². The summed E-state index contributed by atoms with van der Waals surface area (Å²) in [6.07, 6.45) is 3.79. The zero-order valence-corrected chi connectivity index (χ0v) is 13.0. The van der Waals surface area contributed by atoms with Crippen LogP contribution in [0.1, 0.15) is 49.0 Å². The van der Waals surface area contributed by atoms with Gasteiger partial charge >= 0.3 is 5.97 Å². The average Bonchev–Trinajstić information content (AvgIpc) is 2.35. The summed E-state index contributed by atoms with van der Waals surface area (Å²) in [5.74, 6) is -0.882. The highest BCUT2D eigenvalue weighted by Crippen LogP contribution is 2.27. The first-order valence-corrected chi connectivity index (χ1v) is 7.56. The SMILES string of the molecule is CC1CCCC(C)N1Cc1ccc(C(=O)O)cc1Br. The van der Waals surface area contributed by atoms with Gasteiger partial charge in [-0.25, -0.2) is 4.79 Å². The second kappa shape index (κ2) is 6.06. The minimum absolute atomic E-state index is 0.329. The van der Waals surface area contributed by atoms with Gasteiger partial charge in [0.15, 0.2) is 0 Å². The normalized spacial score (nSPS) is 24.4. The lowest BCUT2D eigenvalue weighted by Gasteiger charge is -2.39. The topological polar surface area (TPSA) is 40.5 Å². The Kier molecular flexibility index (Phi) is 4.63. The van der Waals surface area contributed by atoms with E-state index in [1.165, 1.54) is 19.3 Å². The number of hydrogen-bond acceptors (Lipinski definition) is 2. The molecule has 2 atom stereocenters. The lowest BCUT2D eigenvalue weighted by molar-refractivity contribution is 0.0696. The Morgan fingerprint density at radius 1 is 1.37 bits per heavy atom. The van der Waals surface area contributed by atoms with Gasteiger partial charge in [0.25, 0.3) is 0 Å². The molecule has 1 saturated heterocycles. The summed E-state index contributed by atoms with van der Waals surface area (Å²) >= 11 is 3.49. The first-order chi connectivity index (χ1) is 8.99. The van der Waals surface area contributed by atoms with Crippen molar-refractivity contribution < 1.29 is 9.90 Å². The van der Waals surface area contributed by atoms with Gasteiger partial charge in [0.2, 0.25) is 0 Å². The highest BCUT2D eigenvalue weighted by atomic mass is 79.9.